The number of nitrogens with one attached hydrogen (secondary N) is 1. The van der Waals surface area contributed by atoms with Gasteiger partial charge in [-0.2, -0.15) is 0 Å². The van der Waals surface area contributed by atoms with Crippen molar-refractivity contribution in [3.8, 4) is 0 Å². The molecule has 0 spiro atoms. The highest BCUT2D eigenvalue weighted by Crippen LogP contribution is 2.36. The van der Waals surface area contributed by atoms with Crippen molar-refractivity contribution in [2.24, 2.45) is 0 Å². The fourth-order valence-electron chi connectivity index (χ4n) is 2.61. The van der Waals surface area contributed by atoms with Crippen molar-refractivity contribution < 1.29 is 9.47 Å². The van der Waals surface area contributed by atoms with Gasteiger partial charge in [0.2, 0.25) is 0 Å². The third-order valence-electron chi connectivity index (χ3n) is 3.88. The van der Waals surface area contributed by atoms with Gasteiger partial charge in [0.15, 0.2) is 0 Å². The lowest BCUT2D eigenvalue weighted by atomic mass is 9.95. The number of hydrogen-bond donors (Lipinski definition) is 1. The Morgan fingerprint density at radius 1 is 1.29 bits per heavy atom. The molecule has 1 unspecified atom stereocenters. The zero-order chi connectivity index (χ0) is 15.1. The van der Waals surface area contributed by atoms with Gasteiger partial charge in [0.1, 0.15) is 12.5 Å². The first kappa shape index (κ1) is 17.2. The predicted molar refractivity (Wildman–Crippen MR) is 94.1 cm³/mol. The van der Waals surface area contributed by atoms with Gasteiger partial charge >= 0.3 is 0 Å². The number of unbranched alkanes of at least 4 members (excludes halogenated alkanes) is 2. The van der Waals surface area contributed by atoms with Crippen LogP contribution in [0.4, 0.5) is 0 Å². The van der Waals surface area contributed by atoms with Crippen LogP contribution in [0.3, 0.4) is 0 Å². The molecule has 0 saturated heterocycles. The van der Waals surface area contributed by atoms with E-state index in [0.717, 1.165) is 12.8 Å². The van der Waals surface area contributed by atoms with E-state index in [9.17, 15) is 0 Å². The van der Waals surface area contributed by atoms with Gasteiger partial charge in [-0.1, -0.05) is 38.0 Å². The molecule has 2 rings (SSSR count). The summed E-state index contributed by atoms with van der Waals surface area (Å²) in [6.07, 6.45) is 7.08. The third kappa shape index (κ3) is 4.91. The van der Waals surface area contributed by atoms with E-state index in [0.29, 0.717) is 12.8 Å². The Bertz CT molecular complexity index is 437. The highest BCUT2D eigenvalue weighted by atomic mass is 127. The van der Waals surface area contributed by atoms with Crippen LogP contribution in [-0.2, 0) is 15.2 Å². The third-order valence-corrected chi connectivity index (χ3v) is 4.82. The second kappa shape index (κ2) is 8.46. The first-order chi connectivity index (χ1) is 10.2. The standard InChI is InChI=1S/C17H26INO2/c1-3-4-7-12-17(21-13-20-2,19-14-10-11-14)15-8-5-6-9-16(15)18/h5-6,8-9,14,19H,3-4,7,10-13H2,1-2H3. The zero-order valence-corrected chi connectivity index (χ0v) is 15.2. The fraction of sp³-hybridized carbons (Fsp3) is 0.647. The number of methoxy groups -OCH3 is 1. The molecular weight excluding hydrogens is 377 g/mol. The summed E-state index contributed by atoms with van der Waals surface area (Å²) in [6, 6.07) is 9.08. The quantitative estimate of drug-likeness (QED) is 0.357. The second-order valence-electron chi connectivity index (χ2n) is 5.73. The maximum Gasteiger partial charge on any atom is 0.149 e. The van der Waals surface area contributed by atoms with E-state index in [4.69, 9.17) is 9.47 Å². The van der Waals surface area contributed by atoms with Gasteiger partial charge in [-0.3, -0.25) is 5.32 Å². The van der Waals surface area contributed by atoms with Crippen molar-refractivity contribution >= 4 is 22.6 Å². The highest BCUT2D eigenvalue weighted by molar-refractivity contribution is 14.1. The van der Waals surface area contributed by atoms with Crippen molar-refractivity contribution in [3.63, 3.8) is 0 Å². The molecular formula is C17H26INO2. The molecule has 1 aromatic carbocycles. The number of benzene rings is 1. The summed E-state index contributed by atoms with van der Waals surface area (Å²) >= 11 is 2.40. The van der Waals surface area contributed by atoms with Crippen LogP contribution in [0, 0.1) is 3.57 Å². The molecule has 1 N–H and O–H groups in total. The van der Waals surface area contributed by atoms with E-state index in [2.05, 4.69) is 59.1 Å². The minimum atomic E-state index is -0.413. The zero-order valence-electron chi connectivity index (χ0n) is 13.0. The lowest BCUT2D eigenvalue weighted by Gasteiger charge is -2.36. The van der Waals surface area contributed by atoms with Gasteiger partial charge in [0, 0.05) is 22.3 Å². The van der Waals surface area contributed by atoms with Crippen LogP contribution in [0.25, 0.3) is 0 Å². The van der Waals surface area contributed by atoms with Crippen molar-refractivity contribution in [1.82, 2.24) is 5.32 Å². The van der Waals surface area contributed by atoms with Crippen molar-refractivity contribution in [3.05, 3.63) is 33.4 Å². The maximum absolute atomic E-state index is 6.21. The molecule has 0 amide bonds. The van der Waals surface area contributed by atoms with Crippen LogP contribution in [0.2, 0.25) is 0 Å². The Kier molecular flexibility index (Phi) is 6.92. The molecule has 0 aromatic heterocycles. The second-order valence-corrected chi connectivity index (χ2v) is 6.90. The summed E-state index contributed by atoms with van der Waals surface area (Å²) < 4.78 is 12.7. The molecule has 3 nitrogen and oxygen atoms in total. The predicted octanol–water partition coefficient (Wildman–Crippen LogP) is 4.40. The van der Waals surface area contributed by atoms with Crippen LogP contribution in [-0.4, -0.2) is 19.9 Å². The molecule has 0 aliphatic heterocycles. The molecule has 1 atom stereocenters. The molecule has 0 heterocycles. The van der Waals surface area contributed by atoms with Crippen molar-refractivity contribution in [2.75, 3.05) is 13.9 Å². The lowest BCUT2D eigenvalue weighted by Crippen LogP contribution is -2.47. The fourth-order valence-corrected chi connectivity index (χ4v) is 3.43. The van der Waals surface area contributed by atoms with Gasteiger partial charge in [-0.15, -0.1) is 0 Å². The minimum Gasteiger partial charge on any atom is -0.359 e. The Hall–Kier alpha value is -0.170. The average molecular weight is 403 g/mol. The summed E-state index contributed by atoms with van der Waals surface area (Å²) in [5.41, 5.74) is 0.829. The van der Waals surface area contributed by atoms with Gasteiger partial charge in [-0.25, -0.2) is 0 Å². The Morgan fingerprint density at radius 3 is 2.67 bits per heavy atom. The van der Waals surface area contributed by atoms with E-state index in [1.54, 1.807) is 7.11 Å². The summed E-state index contributed by atoms with van der Waals surface area (Å²) in [7, 11) is 1.68. The topological polar surface area (TPSA) is 30.5 Å². The number of hydrogen-bond acceptors (Lipinski definition) is 3. The number of ether oxygens (including phenoxy) is 2. The monoisotopic (exact) mass is 403 g/mol. The summed E-state index contributed by atoms with van der Waals surface area (Å²) in [6.45, 7) is 2.55. The summed E-state index contributed by atoms with van der Waals surface area (Å²) in [5.74, 6) is 0. The van der Waals surface area contributed by atoms with E-state index >= 15 is 0 Å². The largest absolute Gasteiger partial charge is 0.359 e. The van der Waals surface area contributed by atoms with Gasteiger partial charge in [-0.05, 0) is 54.3 Å². The number of rotatable bonds is 10. The molecule has 0 radical (unpaired) electrons. The highest BCUT2D eigenvalue weighted by Gasteiger charge is 2.39. The van der Waals surface area contributed by atoms with E-state index < -0.39 is 5.72 Å². The van der Waals surface area contributed by atoms with Crippen LogP contribution >= 0.6 is 22.6 Å². The average Bonchev–Trinajstić information content (AvgIpc) is 3.29. The normalized spacial score (nSPS) is 17.7. The lowest BCUT2D eigenvalue weighted by molar-refractivity contribution is -0.158. The van der Waals surface area contributed by atoms with Crippen molar-refractivity contribution in [1.29, 1.82) is 0 Å². The SMILES string of the molecule is CCCCCC(NC1CC1)(OCOC)c1ccccc1I. The van der Waals surface area contributed by atoms with E-state index in [-0.39, 0.29) is 0 Å². The molecule has 21 heavy (non-hydrogen) atoms. The molecule has 118 valence electrons. The molecule has 0 bridgehead atoms. The molecule has 4 heteroatoms. The Morgan fingerprint density at radius 2 is 2.05 bits per heavy atom. The molecule has 1 saturated carbocycles. The van der Waals surface area contributed by atoms with Crippen LogP contribution in [0.5, 0.6) is 0 Å². The van der Waals surface area contributed by atoms with Gasteiger partial charge in [0.25, 0.3) is 0 Å². The molecule has 1 aliphatic carbocycles. The Balaban J connectivity index is 2.25. The van der Waals surface area contributed by atoms with Crippen LogP contribution in [0.15, 0.2) is 24.3 Å². The summed E-state index contributed by atoms with van der Waals surface area (Å²) in [5, 5.41) is 3.75. The first-order valence-electron chi connectivity index (χ1n) is 7.87. The van der Waals surface area contributed by atoms with Crippen LogP contribution in [0.1, 0.15) is 51.0 Å². The summed E-state index contributed by atoms with van der Waals surface area (Å²) in [4.78, 5) is 0. The minimum absolute atomic E-state index is 0.316. The van der Waals surface area contributed by atoms with Gasteiger partial charge in [0.05, 0.1) is 0 Å². The smallest absolute Gasteiger partial charge is 0.149 e. The maximum atomic E-state index is 6.21. The molecule has 1 fully saturated rings. The van der Waals surface area contributed by atoms with E-state index in [1.165, 1.54) is 34.8 Å². The van der Waals surface area contributed by atoms with Gasteiger partial charge < -0.3 is 9.47 Å². The van der Waals surface area contributed by atoms with Crippen LogP contribution < -0.4 is 5.32 Å². The molecule has 1 aromatic rings. The molecule has 1 aliphatic rings. The van der Waals surface area contributed by atoms with Crippen molar-refractivity contribution in [2.45, 2.75) is 57.2 Å². The van der Waals surface area contributed by atoms with E-state index in [1.807, 2.05) is 0 Å². The Labute approximate surface area is 141 Å². The first-order valence-corrected chi connectivity index (χ1v) is 8.95. The number of halogens is 1.